The summed E-state index contributed by atoms with van der Waals surface area (Å²) >= 11 is 0. The summed E-state index contributed by atoms with van der Waals surface area (Å²) in [4.78, 5) is 24.5. The third-order valence-electron chi connectivity index (χ3n) is 4.78. The monoisotopic (exact) mass is 417 g/mol. The maximum absolute atomic E-state index is 12.3. The van der Waals surface area contributed by atoms with Gasteiger partial charge < -0.3 is 24.3 Å². The lowest BCUT2D eigenvalue weighted by atomic mass is 9.84. The molecule has 1 aliphatic rings. The van der Waals surface area contributed by atoms with Crippen LogP contribution >= 0.6 is 0 Å². The Bertz CT molecular complexity index is 823. The van der Waals surface area contributed by atoms with E-state index in [-0.39, 0.29) is 6.42 Å². The van der Waals surface area contributed by atoms with E-state index in [1.54, 1.807) is 35.0 Å². The van der Waals surface area contributed by atoms with Gasteiger partial charge in [0.15, 0.2) is 0 Å². The highest BCUT2D eigenvalue weighted by Crippen LogP contribution is 2.35. The van der Waals surface area contributed by atoms with E-state index in [9.17, 15) is 9.59 Å². The van der Waals surface area contributed by atoms with E-state index in [1.807, 2.05) is 42.5 Å². The molecule has 0 bridgehead atoms. The lowest BCUT2D eigenvalue weighted by Gasteiger charge is -2.34. The summed E-state index contributed by atoms with van der Waals surface area (Å²) in [5.74, 6) is 0.211. The summed E-state index contributed by atoms with van der Waals surface area (Å²) in [7, 11) is 4.49. The van der Waals surface area contributed by atoms with E-state index in [2.05, 4.69) is 5.32 Å². The summed E-state index contributed by atoms with van der Waals surface area (Å²) in [5, 5.41) is 2.60. The number of hydrogen-bond acceptors (Lipinski definition) is 6. The minimum Gasteiger partial charge on any atom is -0.496 e. The number of methoxy groups -OCH3 is 3. The lowest BCUT2D eigenvalue weighted by Crippen LogP contribution is -2.48. The summed E-state index contributed by atoms with van der Waals surface area (Å²) < 4.78 is 21.4. The quantitative estimate of drug-likeness (QED) is 0.678. The highest BCUT2D eigenvalue weighted by Gasteiger charge is 2.36. The first-order valence-electron chi connectivity index (χ1n) is 9.78. The van der Waals surface area contributed by atoms with E-state index in [1.165, 1.54) is 7.11 Å². The Balaban J connectivity index is 2.19. The molecule has 1 N–H and O–H groups in total. The highest BCUT2D eigenvalue weighted by molar-refractivity contribution is 5.82. The van der Waals surface area contributed by atoms with Crippen LogP contribution in [0.5, 0.6) is 5.75 Å². The third-order valence-corrected chi connectivity index (χ3v) is 4.78. The maximum Gasteiger partial charge on any atom is 0.408 e. The van der Waals surface area contributed by atoms with Gasteiger partial charge in [-0.3, -0.25) is 0 Å². The van der Waals surface area contributed by atoms with Gasteiger partial charge in [0.25, 0.3) is 0 Å². The van der Waals surface area contributed by atoms with E-state index in [0.717, 1.165) is 16.9 Å². The van der Waals surface area contributed by atoms with Crippen molar-refractivity contribution in [1.29, 1.82) is 0 Å². The number of rotatable bonds is 7. The smallest absolute Gasteiger partial charge is 0.408 e. The van der Waals surface area contributed by atoms with Gasteiger partial charge in [0.1, 0.15) is 17.4 Å². The van der Waals surface area contributed by atoms with Gasteiger partial charge in [0.2, 0.25) is 0 Å². The van der Waals surface area contributed by atoms with Crippen molar-refractivity contribution in [3.05, 3.63) is 48.1 Å². The van der Waals surface area contributed by atoms with Gasteiger partial charge in [-0.25, -0.2) is 9.59 Å². The maximum atomic E-state index is 12.3. The zero-order chi connectivity index (χ0) is 22.4. The number of nitrogens with one attached hydrogen (secondary N) is 1. The summed E-state index contributed by atoms with van der Waals surface area (Å²) in [5.41, 5.74) is 0.507. The van der Waals surface area contributed by atoms with E-state index >= 15 is 0 Å². The Hall–Kier alpha value is -2.80. The lowest BCUT2D eigenvalue weighted by molar-refractivity contribution is -0.144. The molecule has 0 aliphatic heterocycles. The topological polar surface area (TPSA) is 83.1 Å². The molecule has 164 valence electrons. The first kappa shape index (κ1) is 23.5. The minimum absolute atomic E-state index is 0.196. The SMILES string of the molecule is COC(=O)[C@H](CC1(OC)C=CC(c2ccccc2OC)=CC1)NC(=O)OC(C)(C)C. The first-order chi connectivity index (χ1) is 14.1. The largest absolute Gasteiger partial charge is 0.496 e. The van der Waals surface area contributed by atoms with Crippen molar-refractivity contribution >= 4 is 17.6 Å². The van der Waals surface area contributed by atoms with Crippen molar-refractivity contribution in [2.24, 2.45) is 0 Å². The summed E-state index contributed by atoms with van der Waals surface area (Å²) in [6.45, 7) is 5.26. The van der Waals surface area contributed by atoms with Gasteiger partial charge in [-0.2, -0.15) is 0 Å². The summed E-state index contributed by atoms with van der Waals surface area (Å²) in [6, 6.07) is 6.83. The highest BCUT2D eigenvalue weighted by atomic mass is 16.6. The fourth-order valence-electron chi connectivity index (χ4n) is 3.26. The molecule has 30 heavy (non-hydrogen) atoms. The molecule has 0 saturated carbocycles. The number of esters is 1. The predicted octanol–water partition coefficient (Wildman–Crippen LogP) is 3.88. The van der Waals surface area contributed by atoms with Gasteiger partial charge in [0.05, 0.1) is 19.8 Å². The van der Waals surface area contributed by atoms with Crippen LogP contribution < -0.4 is 10.1 Å². The molecule has 7 heteroatoms. The van der Waals surface area contributed by atoms with Crippen LogP contribution in [-0.4, -0.2) is 50.6 Å². The number of benzene rings is 1. The van der Waals surface area contributed by atoms with Gasteiger partial charge in [0, 0.05) is 19.1 Å². The zero-order valence-corrected chi connectivity index (χ0v) is 18.5. The molecular weight excluding hydrogens is 386 g/mol. The second-order valence-electron chi connectivity index (χ2n) is 8.09. The molecule has 7 nitrogen and oxygen atoms in total. The van der Waals surface area contributed by atoms with Crippen LogP contribution in [0.1, 0.15) is 39.2 Å². The van der Waals surface area contributed by atoms with Crippen LogP contribution in [0, 0.1) is 0 Å². The number of carbonyl (C=O) groups is 2. The van der Waals surface area contributed by atoms with E-state index < -0.39 is 29.3 Å². The average molecular weight is 418 g/mol. The van der Waals surface area contributed by atoms with Crippen molar-refractivity contribution in [1.82, 2.24) is 5.32 Å². The number of amides is 1. The van der Waals surface area contributed by atoms with Crippen molar-refractivity contribution in [3.8, 4) is 5.75 Å². The number of hydrogen-bond donors (Lipinski definition) is 1. The molecular formula is C23H31NO6. The third kappa shape index (κ3) is 6.10. The summed E-state index contributed by atoms with van der Waals surface area (Å²) in [6.07, 6.45) is 5.89. The number of ether oxygens (including phenoxy) is 4. The molecule has 2 rings (SSSR count). The zero-order valence-electron chi connectivity index (χ0n) is 18.5. The molecule has 1 unspecified atom stereocenters. The predicted molar refractivity (Wildman–Crippen MR) is 114 cm³/mol. The molecule has 0 radical (unpaired) electrons. The van der Waals surface area contributed by atoms with Gasteiger partial charge in [-0.15, -0.1) is 0 Å². The number of carbonyl (C=O) groups excluding carboxylic acids is 2. The molecule has 0 fully saturated rings. The Labute approximate surface area is 178 Å². The molecule has 0 aromatic heterocycles. The molecule has 1 aromatic carbocycles. The van der Waals surface area contributed by atoms with Crippen LogP contribution in [0.15, 0.2) is 42.5 Å². The molecule has 1 aliphatic carbocycles. The minimum atomic E-state index is -0.921. The van der Waals surface area contributed by atoms with Crippen LogP contribution in [0.4, 0.5) is 4.79 Å². The molecule has 0 saturated heterocycles. The van der Waals surface area contributed by atoms with E-state index in [0.29, 0.717) is 6.42 Å². The number of para-hydroxylation sites is 1. The van der Waals surface area contributed by atoms with Crippen molar-refractivity contribution < 1.29 is 28.5 Å². The van der Waals surface area contributed by atoms with Gasteiger partial charge in [-0.1, -0.05) is 36.4 Å². The Kier molecular flexibility index (Phi) is 7.67. The molecule has 2 atom stereocenters. The molecule has 0 heterocycles. The normalized spacial score (nSPS) is 19.5. The van der Waals surface area contributed by atoms with Crippen molar-refractivity contribution in [2.45, 2.75) is 50.9 Å². The molecule has 1 aromatic rings. The fraction of sp³-hybridized carbons (Fsp3) is 0.478. The standard InChI is InChI=1S/C23H31NO6/c1-22(2,3)30-21(26)24-18(20(25)28-5)15-23(29-6)13-11-16(12-14-23)17-9-7-8-10-19(17)27-4/h7-13,18H,14-15H2,1-6H3,(H,24,26)/t18-,23?/m0/s1. The van der Waals surface area contributed by atoms with Crippen LogP contribution in [0.25, 0.3) is 5.57 Å². The van der Waals surface area contributed by atoms with Crippen molar-refractivity contribution in [3.63, 3.8) is 0 Å². The Morgan fingerprint density at radius 2 is 1.87 bits per heavy atom. The number of allylic oxidation sites excluding steroid dienone is 2. The van der Waals surface area contributed by atoms with E-state index in [4.69, 9.17) is 18.9 Å². The van der Waals surface area contributed by atoms with Gasteiger partial charge >= 0.3 is 12.1 Å². The molecule has 1 amide bonds. The Morgan fingerprint density at radius 1 is 1.17 bits per heavy atom. The van der Waals surface area contributed by atoms with Gasteiger partial charge in [-0.05, 0) is 38.8 Å². The van der Waals surface area contributed by atoms with Crippen LogP contribution in [0.2, 0.25) is 0 Å². The fourth-order valence-corrected chi connectivity index (χ4v) is 3.26. The second kappa shape index (κ2) is 9.80. The average Bonchev–Trinajstić information content (AvgIpc) is 2.71. The molecule has 0 spiro atoms. The number of alkyl carbamates (subject to hydrolysis) is 1. The van der Waals surface area contributed by atoms with Crippen LogP contribution in [-0.2, 0) is 19.0 Å². The van der Waals surface area contributed by atoms with Crippen molar-refractivity contribution in [2.75, 3.05) is 21.3 Å². The first-order valence-corrected chi connectivity index (χ1v) is 9.78. The van der Waals surface area contributed by atoms with Crippen LogP contribution in [0.3, 0.4) is 0 Å². The Morgan fingerprint density at radius 3 is 2.40 bits per heavy atom. The second-order valence-corrected chi connectivity index (χ2v) is 8.09.